The van der Waals surface area contributed by atoms with E-state index in [-0.39, 0.29) is 61.6 Å². The van der Waals surface area contributed by atoms with Gasteiger partial charge in [0.15, 0.2) is 17.1 Å². The predicted octanol–water partition coefficient (Wildman–Crippen LogP) is 6.41. The van der Waals surface area contributed by atoms with Gasteiger partial charge in [0, 0.05) is 32.4 Å². The van der Waals surface area contributed by atoms with Crippen LogP contribution in [0.3, 0.4) is 0 Å². The maximum atomic E-state index is 13.5. The molecule has 2 aliphatic rings. The Morgan fingerprint density at radius 3 is 1.38 bits per heavy atom. The normalized spacial score (nSPS) is 13.5. The summed E-state index contributed by atoms with van der Waals surface area (Å²) in [6, 6.07) is 16.5. The molecule has 0 aliphatic carbocycles. The number of nitrogens with zero attached hydrogens (tertiary/aromatic N) is 8. The number of hydrogen-bond acceptors (Lipinski definition) is 19. The van der Waals surface area contributed by atoms with Crippen molar-refractivity contribution >= 4 is 61.4 Å². The molecule has 0 saturated carbocycles. The van der Waals surface area contributed by atoms with Crippen molar-refractivity contribution in [3.05, 3.63) is 146 Å². The average Bonchev–Trinajstić information content (AvgIpc) is 1.70. The van der Waals surface area contributed by atoms with Crippen LogP contribution in [0.1, 0.15) is 89.8 Å². The van der Waals surface area contributed by atoms with Crippen molar-refractivity contribution in [3.8, 4) is 18.2 Å². The number of nitrogens with one attached hydrogen (secondary N) is 2. The standard InChI is InChI=1S/2C21H18F4N4O5S.C8H3F3N2O2/c1-2-34-20(31)16-7-13(8-26)18(27-17(16)21(23,24)25)29-9-14(10-29)19(30)28-35(32,33)11-12-3-5-15(22)6-4-12;1-2-34-20(31)16-7-13(8-26)18(27-17(16)21(23,24)25)29-9-14(10-29)19(30)28-35(32,33)11-12-4-3-5-15(22)6-12;9-8(10,11)6-5(7(14)15)4(3-12)1-2-13-6/h2*3-7,14H,2,9-11H2,1H3,(H,28,30);1-2H,(H,14,15). The minimum absolute atomic E-state index is 0.116. The fourth-order valence-electron chi connectivity index (χ4n) is 7.63. The zero-order chi connectivity index (χ0) is 63.6. The molecule has 2 amide bonds. The SMILES string of the molecule is CCOC(=O)c1cc(C#N)c(N2CC(C(=O)NS(=O)(=O)Cc3ccc(F)cc3)C2)nc1C(F)(F)F.CCOC(=O)c1cc(C#N)c(N2CC(C(=O)NS(=O)(=O)Cc3cccc(F)c3)C2)nc1C(F)(F)F.N#Cc1ccnc(C(F)(F)F)c1C(=O)O. The number of anilines is 2. The van der Waals surface area contributed by atoms with E-state index in [2.05, 4.69) is 24.4 Å². The lowest BCUT2D eigenvalue weighted by molar-refractivity contribution is -0.142. The summed E-state index contributed by atoms with van der Waals surface area (Å²) in [6.45, 7) is 1.56. The second-order valence-corrected chi connectivity index (χ2v) is 21.0. The maximum absolute atomic E-state index is 13.5. The number of carbonyl (C=O) groups is 5. The number of benzene rings is 2. The highest BCUT2D eigenvalue weighted by Crippen LogP contribution is 2.38. The molecule has 2 fully saturated rings. The van der Waals surface area contributed by atoms with Crippen molar-refractivity contribution in [1.29, 1.82) is 15.8 Å². The lowest BCUT2D eigenvalue weighted by Crippen LogP contribution is -2.55. The smallest absolute Gasteiger partial charge is 0.434 e. The minimum atomic E-state index is -5.03. The molecule has 2 aromatic carbocycles. The number of aromatic carboxylic acids is 1. The summed E-state index contributed by atoms with van der Waals surface area (Å²) in [6.07, 6.45) is -14.2. The fraction of sp³-hybridized carbons (Fsp3) is 0.300. The molecule has 35 heteroatoms. The Balaban J connectivity index is 0.000000251. The van der Waals surface area contributed by atoms with E-state index in [0.717, 1.165) is 48.7 Å². The van der Waals surface area contributed by atoms with E-state index in [1.165, 1.54) is 54.0 Å². The van der Waals surface area contributed by atoms with Gasteiger partial charge in [-0.2, -0.15) is 55.3 Å². The van der Waals surface area contributed by atoms with Crippen LogP contribution < -0.4 is 19.2 Å². The molecule has 2 saturated heterocycles. The summed E-state index contributed by atoms with van der Waals surface area (Å²) in [5.74, 6) is -11.3. The number of alkyl halides is 9. The number of pyridine rings is 3. The van der Waals surface area contributed by atoms with Gasteiger partial charge < -0.3 is 24.4 Å². The highest BCUT2D eigenvalue weighted by atomic mass is 32.2. The van der Waals surface area contributed by atoms with E-state index >= 15 is 0 Å². The summed E-state index contributed by atoms with van der Waals surface area (Å²) in [4.78, 5) is 71.4. The Hall–Kier alpha value is -9.56. The summed E-state index contributed by atoms with van der Waals surface area (Å²) >= 11 is 0. The molecular weight excluding hydrogens is 1210 g/mol. The van der Waals surface area contributed by atoms with Crippen LogP contribution in [0.5, 0.6) is 0 Å². The molecule has 5 aromatic rings. The summed E-state index contributed by atoms with van der Waals surface area (Å²) in [5.41, 5.74) is -8.50. The van der Waals surface area contributed by atoms with Crippen LogP contribution in [0, 0.1) is 57.5 Å². The van der Waals surface area contributed by atoms with Crippen molar-refractivity contribution in [3.63, 3.8) is 0 Å². The highest BCUT2D eigenvalue weighted by Gasteiger charge is 2.44. The lowest BCUT2D eigenvalue weighted by atomic mass is 9.98. The third-order valence-corrected chi connectivity index (χ3v) is 13.9. The monoisotopic (exact) mass is 1240 g/mol. The van der Waals surface area contributed by atoms with E-state index < -0.39 is 154 Å². The number of hydrogen-bond donors (Lipinski definition) is 3. The number of carboxylic acids is 1. The molecule has 2 aliphatic heterocycles. The summed E-state index contributed by atoms with van der Waals surface area (Å²) in [7, 11) is -8.28. The van der Waals surface area contributed by atoms with Gasteiger partial charge in [-0.3, -0.25) is 24.0 Å². The van der Waals surface area contributed by atoms with Crippen molar-refractivity contribution in [1.82, 2.24) is 24.4 Å². The van der Waals surface area contributed by atoms with Crippen molar-refractivity contribution in [2.24, 2.45) is 11.8 Å². The van der Waals surface area contributed by atoms with E-state index in [4.69, 9.17) is 10.4 Å². The van der Waals surface area contributed by atoms with Crippen molar-refractivity contribution < 1.29 is 104 Å². The van der Waals surface area contributed by atoms with Gasteiger partial charge in [0.05, 0.1) is 64.4 Å². The molecule has 0 spiro atoms. The summed E-state index contributed by atoms with van der Waals surface area (Å²) < 4.78 is 206. The molecule has 5 heterocycles. The van der Waals surface area contributed by atoms with Gasteiger partial charge in [0.2, 0.25) is 31.9 Å². The number of ether oxygens (including phenoxy) is 2. The van der Waals surface area contributed by atoms with Crippen LogP contribution >= 0.6 is 0 Å². The van der Waals surface area contributed by atoms with E-state index in [0.29, 0.717) is 0 Å². The molecule has 3 N–H and O–H groups in total. The average molecular weight is 1250 g/mol. The van der Waals surface area contributed by atoms with Gasteiger partial charge in [-0.05, 0) is 67.4 Å². The Morgan fingerprint density at radius 1 is 0.600 bits per heavy atom. The number of aromatic nitrogens is 3. The number of sulfonamides is 2. The Kier molecular flexibility index (Phi) is 20.9. The second-order valence-electron chi connectivity index (χ2n) is 17.6. The van der Waals surface area contributed by atoms with Gasteiger partial charge in [0.25, 0.3) is 0 Å². The Labute approximate surface area is 473 Å². The van der Waals surface area contributed by atoms with E-state index in [1.807, 2.05) is 9.44 Å². The number of carbonyl (C=O) groups excluding carboxylic acids is 4. The third-order valence-electron chi connectivity index (χ3n) is 11.5. The van der Waals surface area contributed by atoms with Crippen LogP contribution in [-0.2, 0) is 69.1 Å². The molecule has 0 atom stereocenters. The van der Waals surface area contributed by atoms with E-state index in [9.17, 15) is 99.6 Å². The first-order valence-corrected chi connectivity index (χ1v) is 27.0. The number of amides is 2. The number of halogens is 11. The second kappa shape index (κ2) is 26.8. The predicted molar refractivity (Wildman–Crippen MR) is 266 cm³/mol. The summed E-state index contributed by atoms with van der Waals surface area (Å²) in [5, 5.41) is 35.7. The van der Waals surface area contributed by atoms with Crippen LogP contribution in [-0.4, -0.2) is 106 Å². The van der Waals surface area contributed by atoms with Crippen molar-refractivity contribution in [2.75, 3.05) is 49.2 Å². The lowest BCUT2D eigenvalue weighted by Gasteiger charge is -2.39. The molecule has 0 bridgehead atoms. The van der Waals surface area contributed by atoms with Crippen LogP contribution in [0.25, 0.3) is 0 Å². The first-order valence-electron chi connectivity index (χ1n) is 23.7. The van der Waals surface area contributed by atoms with Crippen LogP contribution in [0.2, 0.25) is 0 Å². The van der Waals surface area contributed by atoms with E-state index in [1.54, 1.807) is 12.1 Å². The molecule has 0 radical (unpaired) electrons. The number of carboxylic acid groups (broad SMARTS) is 1. The quantitative estimate of drug-likeness (QED) is 0.0752. The molecule has 22 nitrogen and oxygen atoms in total. The topological polar surface area (TPSA) is 333 Å². The van der Waals surface area contributed by atoms with Gasteiger partial charge in [0.1, 0.15) is 47.0 Å². The molecule has 85 heavy (non-hydrogen) atoms. The van der Waals surface area contributed by atoms with Gasteiger partial charge >= 0.3 is 36.4 Å². The van der Waals surface area contributed by atoms with Crippen LogP contribution in [0.4, 0.5) is 59.9 Å². The van der Waals surface area contributed by atoms with Crippen molar-refractivity contribution in [2.45, 2.75) is 43.9 Å². The molecule has 3 aromatic heterocycles. The molecular formula is C50H39F11N10O12S2. The fourth-order valence-corrected chi connectivity index (χ4v) is 9.97. The first kappa shape index (κ1) is 66.2. The van der Waals surface area contributed by atoms with Gasteiger partial charge in [-0.1, -0.05) is 24.3 Å². The minimum Gasteiger partial charge on any atom is -0.478 e. The Bertz CT molecular complexity index is 3760. The highest BCUT2D eigenvalue weighted by molar-refractivity contribution is 7.89. The molecule has 0 unspecified atom stereocenters. The first-order chi connectivity index (χ1) is 39.6. The molecule has 7 rings (SSSR count). The number of esters is 2. The largest absolute Gasteiger partial charge is 0.478 e. The van der Waals surface area contributed by atoms with Gasteiger partial charge in [-0.25, -0.2) is 50.0 Å². The maximum Gasteiger partial charge on any atom is 0.434 e. The number of rotatable bonds is 15. The van der Waals surface area contributed by atoms with Gasteiger partial charge in [-0.15, -0.1) is 0 Å². The zero-order valence-corrected chi connectivity index (χ0v) is 44.9. The number of nitriles is 3. The molecule has 450 valence electrons. The Morgan fingerprint density at radius 2 is 1.01 bits per heavy atom. The third kappa shape index (κ3) is 17.3. The van der Waals surface area contributed by atoms with Crippen LogP contribution in [0.15, 0.2) is 72.9 Å². The zero-order valence-electron chi connectivity index (χ0n) is 43.2.